The van der Waals surface area contributed by atoms with Gasteiger partial charge in [0.05, 0.1) is 11.5 Å². The standard InChI is InChI=1S/C14H19N3O4/c1-2-7-21-13-8-10(3-5-12(13)17(19)20)16-11-4-6-14(18)15-9-11/h3,5,8,11,16H,2,4,6-7,9H2,1H3,(H,15,18). The fourth-order valence-electron chi connectivity index (χ4n) is 2.17. The van der Waals surface area contributed by atoms with E-state index in [0.29, 0.717) is 19.6 Å². The molecule has 1 heterocycles. The normalized spacial score (nSPS) is 18.0. The predicted octanol–water partition coefficient (Wildman–Crippen LogP) is 2.07. The lowest BCUT2D eigenvalue weighted by Crippen LogP contribution is -2.41. The lowest BCUT2D eigenvalue weighted by Gasteiger charge is -2.24. The molecule has 0 radical (unpaired) electrons. The maximum atomic E-state index is 11.1. The van der Waals surface area contributed by atoms with E-state index in [0.717, 1.165) is 18.5 Å². The molecule has 1 fully saturated rings. The van der Waals surface area contributed by atoms with Crippen molar-refractivity contribution in [2.75, 3.05) is 18.5 Å². The van der Waals surface area contributed by atoms with Crippen LogP contribution < -0.4 is 15.4 Å². The monoisotopic (exact) mass is 293 g/mol. The third-order valence-electron chi connectivity index (χ3n) is 3.25. The molecule has 1 aromatic rings. The van der Waals surface area contributed by atoms with E-state index in [9.17, 15) is 14.9 Å². The van der Waals surface area contributed by atoms with Crippen LogP contribution in [0.3, 0.4) is 0 Å². The second kappa shape index (κ2) is 6.92. The summed E-state index contributed by atoms with van der Waals surface area (Å²) in [5.74, 6) is 0.329. The van der Waals surface area contributed by atoms with Gasteiger partial charge in [-0.25, -0.2) is 0 Å². The number of carbonyl (C=O) groups is 1. The Balaban J connectivity index is 2.09. The van der Waals surface area contributed by atoms with E-state index in [1.165, 1.54) is 6.07 Å². The first kappa shape index (κ1) is 15.1. The van der Waals surface area contributed by atoms with Crippen molar-refractivity contribution in [3.63, 3.8) is 0 Å². The maximum absolute atomic E-state index is 11.1. The van der Waals surface area contributed by atoms with Crippen molar-refractivity contribution in [2.45, 2.75) is 32.2 Å². The van der Waals surface area contributed by atoms with E-state index in [2.05, 4.69) is 10.6 Å². The van der Waals surface area contributed by atoms with Gasteiger partial charge in [-0.2, -0.15) is 0 Å². The van der Waals surface area contributed by atoms with E-state index in [1.54, 1.807) is 12.1 Å². The second-order valence-electron chi connectivity index (χ2n) is 4.97. The van der Waals surface area contributed by atoms with E-state index >= 15 is 0 Å². The number of benzene rings is 1. The Bertz CT molecular complexity index is 523. The Morgan fingerprint density at radius 3 is 2.95 bits per heavy atom. The molecule has 0 spiro atoms. The van der Waals surface area contributed by atoms with Gasteiger partial charge in [-0.15, -0.1) is 0 Å². The maximum Gasteiger partial charge on any atom is 0.311 e. The summed E-state index contributed by atoms with van der Waals surface area (Å²) in [7, 11) is 0. The van der Waals surface area contributed by atoms with Crippen molar-refractivity contribution < 1.29 is 14.5 Å². The van der Waals surface area contributed by atoms with Gasteiger partial charge in [-0.3, -0.25) is 14.9 Å². The minimum absolute atomic E-state index is 0.0362. The highest BCUT2D eigenvalue weighted by atomic mass is 16.6. The van der Waals surface area contributed by atoms with E-state index < -0.39 is 4.92 Å². The fraction of sp³-hybridized carbons (Fsp3) is 0.500. The quantitative estimate of drug-likeness (QED) is 0.618. The van der Waals surface area contributed by atoms with Crippen LogP contribution in [0.5, 0.6) is 5.75 Å². The molecule has 0 aliphatic carbocycles. The topological polar surface area (TPSA) is 93.5 Å². The number of amides is 1. The first-order valence-corrected chi connectivity index (χ1v) is 7.04. The summed E-state index contributed by atoms with van der Waals surface area (Å²) in [6.07, 6.45) is 2.02. The summed E-state index contributed by atoms with van der Waals surface area (Å²) in [6, 6.07) is 4.87. The molecule has 0 saturated carbocycles. The largest absolute Gasteiger partial charge is 0.487 e. The van der Waals surface area contributed by atoms with Gasteiger partial charge in [0.15, 0.2) is 5.75 Å². The van der Waals surface area contributed by atoms with Gasteiger partial charge in [0.25, 0.3) is 0 Å². The van der Waals surface area contributed by atoms with Gasteiger partial charge < -0.3 is 15.4 Å². The highest BCUT2D eigenvalue weighted by Gasteiger charge is 2.20. The van der Waals surface area contributed by atoms with Gasteiger partial charge in [-0.1, -0.05) is 6.92 Å². The van der Waals surface area contributed by atoms with Gasteiger partial charge in [0, 0.05) is 36.8 Å². The SMILES string of the molecule is CCCOc1cc(NC2CCC(=O)NC2)ccc1[N+](=O)[O-]. The molecule has 1 unspecified atom stereocenters. The summed E-state index contributed by atoms with van der Waals surface area (Å²) in [4.78, 5) is 21.7. The molecule has 114 valence electrons. The van der Waals surface area contributed by atoms with E-state index in [1.807, 2.05) is 6.92 Å². The minimum atomic E-state index is -0.449. The highest BCUT2D eigenvalue weighted by Crippen LogP contribution is 2.30. The van der Waals surface area contributed by atoms with Crippen molar-refractivity contribution in [2.24, 2.45) is 0 Å². The number of ether oxygens (including phenoxy) is 1. The summed E-state index contributed by atoms with van der Waals surface area (Å²) < 4.78 is 5.44. The highest BCUT2D eigenvalue weighted by molar-refractivity contribution is 5.77. The third kappa shape index (κ3) is 4.08. The molecule has 2 rings (SSSR count). The summed E-state index contributed by atoms with van der Waals surface area (Å²) in [6.45, 7) is 2.93. The average molecular weight is 293 g/mol. The first-order chi connectivity index (χ1) is 10.1. The molecule has 21 heavy (non-hydrogen) atoms. The molecule has 7 nitrogen and oxygen atoms in total. The zero-order chi connectivity index (χ0) is 15.2. The number of nitrogens with zero attached hydrogens (tertiary/aromatic N) is 1. The summed E-state index contributed by atoms with van der Waals surface area (Å²) >= 11 is 0. The zero-order valence-corrected chi connectivity index (χ0v) is 11.9. The Morgan fingerprint density at radius 1 is 1.52 bits per heavy atom. The zero-order valence-electron chi connectivity index (χ0n) is 11.9. The molecule has 1 saturated heterocycles. The van der Waals surface area contributed by atoms with Crippen LogP contribution in [-0.4, -0.2) is 30.0 Å². The lowest BCUT2D eigenvalue weighted by atomic mass is 10.1. The van der Waals surface area contributed by atoms with E-state index in [4.69, 9.17) is 4.74 Å². The average Bonchev–Trinajstić information content (AvgIpc) is 2.47. The van der Waals surface area contributed by atoms with Gasteiger partial charge in [0.2, 0.25) is 5.91 Å². The number of nitrogens with one attached hydrogen (secondary N) is 2. The molecule has 1 aromatic carbocycles. The molecule has 2 N–H and O–H groups in total. The van der Waals surface area contributed by atoms with Crippen LogP contribution in [0, 0.1) is 10.1 Å². The molecule has 7 heteroatoms. The Labute approximate surface area is 122 Å². The van der Waals surface area contributed by atoms with Crippen LogP contribution in [0.1, 0.15) is 26.2 Å². The number of carbonyl (C=O) groups excluding carboxylic acids is 1. The Morgan fingerprint density at radius 2 is 2.33 bits per heavy atom. The second-order valence-corrected chi connectivity index (χ2v) is 4.97. The molecule has 1 aliphatic rings. The summed E-state index contributed by atoms with van der Waals surface area (Å²) in [5, 5.41) is 17.0. The Kier molecular flexibility index (Phi) is 4.97. The van der Waals surface area contributed by atoms with Crippen molar-refractivity contribution in [1.29, 1.82) is 0 Å². The van der Waals surface area contributed by atoms with Gasteiger partial charge in [0.1, 0.15) is 0 Å². The van der Waals surface area contributed by atoms with Gasteiger partial charge in [-0.05, 0) is 18.9 Å². The number of nitro groups is 1. The van der Waals surface area contributed by atoms with E-state index in [-0.39, 0.29) is 23.4 Å². The number of piperidine rings is 1. The lowest BCUT2D eigenvalue weighted by molar-refractivity contribution is -0.385. The molecule has 1 aliphatic heterocycles. The van der Waals surface area contributed by atoms with Gasteiger partial charge >= 0.3 is 5.69 Å². The predicted molar refractivity (Wildman–Crippen MR) is 78.5 cm³/mol. The van der Waals surface area contributed by atoms with Crippen LogP contribution in [0.15, 0.2) is 18.2 Å². The first-order valence-electron chi connectivity index (χ1n) is 7.04. The van der Waals surface area contributed by atoms with Crippen molar-refractivity contribution in [3.8, 4) is 5.75 Å². The molecule has 1 atom stereocenters. The number of anilines is 1. The minimum Gasteiger partial charge on any atom is -0.487 e. The fourth-order valence-corrected chi connectivity index (χ4v) is 2.17. The molecular weight excluding hydrogens is 274 g/mol. The van der Waals surface area contributed by atoms with Crippen LogP contribution >= 0.6 is 0 Å². The third-order valence-corrected chi connectivity index (χ3v) is 3.25. The molecule has 0 bridgehead atoms. The van der Waals surface area contributed by atoms with Crippen LogP contribution in [0.4, 0.5) is 11.4 Å². The number of rotatable bonds is 6. The van der Waals surface area contributed by atoms with Crippen molar-refractivity contribution in [1.82, 2.24) is 5.32 Å². The molecule has 1 amide bonds. The Hall–Kier alpha value is -2.31. The smallest absolute Gasteiger partial charge is 0.311 e. The number of nitro benzene ring substituents is 1. The molecule has 0 aromatic heterocycles. The van der Waals surface area contributed by atoms with Crippen LogP contribution in [-0.2, 0) is 4.79 Å². The van der Waals surface area contributed by atoms with Crippen molar-refractivity contribution in [3.05, 3.63) is 28.3 Å². The number of hydrogen-bond acceptors (Lipinski definition) is 5. The summed E-state index contributed by atoms with van der Waals surface area (Å²) in [5.41, 5.74) is 0.721. The molecular formula is C14H19N3O4. The number of hydrogen-bond donors (Lipinski definition) is 2. The van der Waals surface area contributed by atoms with Crippen molar-refractivity contribution >= 4 is 17.3 Å². The van der Waals surface area contributed by atoms with Crippen LogP contribution in [0.25, 0.3) is 0 Å². The van der Waals surface area contributed by atoms with Crippen LogP contribution in [0.2, 0.25) is 0 Å².